The Hall–Kier alpha value is -1.88. The second kappa shape index (κ2) is 5.40. The summed E-state index contributed by atoms with van der Waals surface area (Å²) in [5.74, 6) is 2.00. The van der Waals surface area contributed by atoms with Crippen LogP contribution in [0.1, 0.15) is 11.3 Å². The Labute approximate surface area is 112 Å². The summed E-state index contributed by atoms with van der Waals surface area (Å²) >= 11 is 0. The first-order valence-corrected chi connectivity index (χ1v) is 6.61. The monoisotopic (exact) mass is 258 g/mol. The van der Waals surface area contributed by atoms with E-state index in [9.17, 15) is 0 Å². The molecule has 0 saturated carbocycles. The molecule has 0 atom stereocenters. The number of piperazine rings is 1. The van der Waals surface area contributed by atoms with Gasteiger partial charge in [0.15, 0.2) is 0 Å². The lowest BCUT2D eigenvalue weighted by molar-refractivity contribution is 0.247. The minimum Gasteiger partial charge on any atom is -0.361 e. The topological polar surface area (TPSA) is 45.4 Å². The van der Waals surface area contributed by atoms with Gasteiger partial charge in [0.25, 0.3) is 0 Å². The van der Waals surface area contributed by atoms with Gasteiger partial charge in [0.1, 0.15) is 11.6 Å². The van der Waals surface area contributed by atoms with Gasteiger partial charge in [-0.2, -0.15) is 0 Å². The highest BCUT2D eigenvalue weighted by Crippen LogP contribution is 2.15. The van der Waals surface area contributed by atoms with Crippen LogP contribution in [0.15, 0.2) is 35.1 Å². The Bertz CT molecular complexity index is 517. The van der Waals surface area contributed by atoms with E-state index in [-0.39, 0.29) is 0 Å². The van der Waals surface area contributed by atoms with Crippen molar-refractivity contribution in [3.05, 3.63) is 41.9 Å². The number of hydrogen-bond acceptors (Lipinski definition) is 5. The summed E-state index contributed by atoms with van der Waals surface area (Å²) in [6.45, 7) is 7.00. The van der Waals surface area contributed by atoms with Crippen LogP contribution >= 0.6 is 0 Å². The Kier molecular flexibility index (Phi) is 3.46. The van der Waals surface area contributed by atoms with E-state index in [1.54, 1.807) is 0 Å². The molecule has 0 amide bonds. The molecular formula is C14H18N4O. The van der Waals surface area contributed by atoms with Crippen molar-refractivity contribution in [1.29, 1.82) is 0 Å². The molecule has 0 unspecified atom stereocenters. The van der Waals surface area contributed by atoms with Gasteiger partial charge in [-0.3, -0.25) is 4.90 Å². The van der Waals surface area contributed by atoms with Crippen LogP contribution in [0.3, 0.4) is 0 Å². The maximum atomic E-state index is 5.10. The van der Waals surface area contributed by atoms with Crippen LogP contribution in [0.2, 0.25) is 0 Å². The molecule has 0 aliphatic carbocycles. The van der Waals surface area contributed by atoms with E-state index in [0.717, 1.165) is 44.3 Å². The van der Waals surface area contributed by atoms with Crippen molar-refractivity contribution in [3.8, 4) is 0 Å². The fourth-order valence-corrected chi connectivity index (χ4v) is 2.39. The van der Waals surface area contributed by atoms with Crippen LogP contribution in [-0.2, 0) is 6.54 Å². The zero-order chi connectivity index (χ0) is 13.1. The summed E-state index contributed by atoms with van der Waals surface area (Å²) in [6.07, 6.45) is 3.67. The third-order valence-electron chi connectivity index (χ3n) is 3.59. The van der Waals surface area contributed by atoms with Crippen LogP contribution in [-0.4, -0.2) is 41.2 Å². The number of anilines is 1. The van der Waals surface area contributed by atoms with Crippen molar-refractivity contribution in [2.75, 3.05) is 31.1 Å². The Balaban J connectivity index is 1.57. The van der Waals surface area contributed by atoms with Gasteiger partial charge in [-0.25, -0.2) is 4.98 Å². The van der Waals surface area contributed by atoms with Gasteiger partial charge in [-0.1, -0.05) is 11.2 Å². The first-order chi connectivity index (χ1) is 9.33. The summed E-state index contributed by atoms with van der Waals surface area (Å²) in [4.78, 5) is 9.16. The van der Waals surface area contributed by atoms with E-state index in [1.807, 2.05) is 31.5 Å². The summed E-state index contributed by atoms with van der Waals surface area (Å²) in [6, 6.07) is 6.06. The maximum Gasteiger partial charge on any atom is 0.138 e. The quantitative estimate of drug-likeness (QED) is 0.838. The summed E-state index contributed by atoms with van der Waals surface area (Å²) < 4.78 is 5.10. The summed E-state index contributed by atoms with van der Waals surface area (Å²) in [7, 11) is 0. The Morgan fingerprint density at radius 3 is 2.68 bits per heavy atom. The highest BCUT2D eigenvalue weighted by molar-refractivity contribution is 5.38. The van der Waals surface area contributed by atoms with Crippen molar-refractivity contribution < 1.29 is 4.52 Å². The molecule has 3 heterocycles. The minimum absolute atomic E-state index is 0.922. The van der Waals surface area contributed by atoms with Crippen LogP contribution in [0, 0.1) is 6.92 Å². The van der Waals surface area contributed by atoms with E-state index in [4.69, 9.17) is 4.52 Å². The number of aryl methyl sites for hydroxylation is 1. The maximum absolute atomic E-state index is 5.10. The average Bonchev–Trinajstić information content (AvgIpc) is 2.86. The van der Waals surface area contributed by atoms with Crippen LogP contribution in [0.5, 0.6) is 0 Å². The van der Waals surface area contributed by atoms with Crippen molar-refractivity contribution >= 4 is 5.82 Å². The molecule has 0 aromatic carbocycles. The lowest BCUT2D eigenvalue weighted by Gasteiger charge is -2.35. The summed E-state index contributed by atoms with van der Waals surface area (Å²) in [5, 5.41) is 3.83. The largest absolute Gasteiger partial charge is 0.361 e. The number of pyridine rings is 1. The molecule has 1 fully saturated rings. The van der Waals surface area contributed by atoms with Crippen LogP contribution in [0.25, 0.3) is 0 Å². The van der Waals surface area contributed by atoms with Crippen molar-refractivity contribution in [3.63, 3.8) is 0 Å². The molecule has 1 aliphatic heterocycles. The third kappa shape index (κ3) is 2.76. The normalized spacial score (nSPS) is 16.8. The first-order valence-electron chi connectivity index (χ1n) is 6.61. The standard InChI is InChI=1S/C14H18N4O/c1-12-13(10-16-19-12)11-17-6-8-18(9-7-17)14-4-2-3-5-15-14/h2-5,10H,6-9,11H2,1H3. The molecule has 1 aliphatic rings. The van der Waals surface area contributed by atoms with Crippen LogP contribution < -0.4 is 4.90 Å². The number of nitrogens with zero attached hydrogens (tertiary/aromatic N) is 4. The predicted molar refractivity (Wildman–Crippen MR) is 73.0 cm³/mol. The van der Waals surface area contributed by atoms with Crippen molar-refractivity contribution in [2.45, 2.75) is 13.5 Å². The van der Waals surface area contributed by atoms with Gasteiger partial charge in [-0.05, 0) is 19.1 Å². The molecule has 0 spiro atoms. The molecule has 1 saturated heterocycles. The molecule has 2 aromatic heterocycles. The molecule has 0 bridgehead atoms. The van der Waals surface area contributed by atoms with Gasteiger partial charge < -0.3 is 9.42 Å². The second-order valence-electron chi connectivity index (χ2n) is 4.86. The number of rotatable bonds is 3. The minimum atomic E-state index is 0.922. The molecule has 0 N–H and O–H groups in total. The van der Waals surface area contributed by atoms with Gasteiger partial charge in [0, 0.05) is 44.5 Å². The lowest BCUT2D eigenvalue weighted by atomic mass is 10.2. The highest BCUT2D eigenvalue weighted by atomic mass is 16.5. The van der Waals surface area contributed by atoms with Gasteiger partial charge in [0.05, 0.1) is 6.20 Å². The predicted octanol–water partition coefficient (Wildman–Crippen LogP) is 1.70. The number of aromatic nitrogens is 2. The molecule has 0 radical (unpaired) electrons. The lowest BCUT2D eigenvalue weighted by Crippen LogP contribution is -2.46. The molecular weight excluding hydrogens is 240 g/mol. The fourth-order valence-electron chi connectivity index (χ4n) is 2.39. The Morgan fingerprint density at radius 2 is 2.05 bits per heavy atom. The zero-order valence-electron chi connectivity index (χ0n) is 11.1. The van der Waals surface area contributed by atoms with Gasteiger partial charge in [-0.15, -0.1) is 0 Å². The average molecular weight is 258 g/mol. The highest BCUT2D eigenvalue weighted by Gasteiger charge is 2.19. The van der Waals surface area contributed by atoms with Crippen molar-refractivity contribution in [2.24, 2.45) is 0 Å². The first kappa shape index (κ1) is 12.2. The SMILES string of the molecule is Cc1oncc1CN1CCN(c2ccccn2)CC1. The molecule has 19 heavy (non-hydrogen) atoms. The van der Waals surface area contributed by atoms with E-state index in [0.29, 0.717) is 0 Å². The zero-order valence-corrected chi connectivity index (χ0v) is 11.1. The van der Waals surface area contributed by atoms with Gasteiger partial charge >= 0.3 is 0 Å². The smallest absolute Gasteiger partial charge is 0.138 e. The summed E-state index contributed by atoms with van der Waals surface area (Å²) in [5.41, 5.74) is 1.19. The third-order valence-corrected chi connectivity index (χ3v) is 3.59. The fraction of sp³-hybridized carbons (Fsp3) is 0.429. The molecule has 5 heteroatoms. The molecule has 5 nitrogen and oxygen atoms in total. The van der Waals surface area contributed by atoms with E-state index < -0.39 is 0 Å². The Morgan fingerprint density at radius 1 is 1.21 bits per heavy atom. The van der Waals surface area contributed by atoms with Crippen molar-refractivity contribution in [1.82, 2.24) is 15.0 Å². The second-order valence-corrected chi connectivity index (χ2v) is 4.86. The molecule has 3 rings (SSSR count). The number of hydrogen-bond donors (Lipinski definition) is 0. The van der Waals surface area contributed by atoms with E-state index >= 15 is 0 Å². The van der Waals surface area contributed by atoms with Gasteiger partial charge in [0.2, 0.25) is 0 Å². The van der Waals surface area contributed by atoms with E-state index in [2.05, 4.69) is 26.0 Å². The van der Waals surface area contributed by atoms with E-state index in [1.165, 1.54) is 5.56 Å². The van der Waals surface area contributed by atoms with Crippen LogP contribution in [0.4, 0.5) is 5.82 Å². The molecule has 2 aromatic rings. The molecule has 100 valence electrons.